The Kier molecular flexibility index (Phi) is 5.78. The molecule has 1 aromatic carbocycles. The zero-order valence-electron chi connectivity index (χ0n) is 11.2. The van der Waals surface area contributed by atoms with E-state index in [1.165, 1.54) is 7.11 Å². The lowest BCUT2D eigenvalue weighted by atomic mass is 10.3. The highest BCUT2D eigenvalue weighted by Crippen LogP contribution is 2.25. The van der Waals surface area contributed by atoms with Crippen molar-refractivity contribution < 1.29 is 23.1 Å². The molecule has 0 bridgehead atoms. The monoisotopic (exact) mass is 302 g/mol. The van der Waals surface area contributed by atoms with Crippen LogP contribution >= 0.6 is 0 Å². The van der Waals surface area contributed by atoms with Crippen molar-refractivity contribution in [3.8, 4) is 0 Å². The van der Waals surface area contributed by atoms with Crippen LogP contribution in [0, 0.1) is 0 Å². The van der Waals surface area contributed by atoms with Crippen LogP contribution in [0.25, 0.3) is 0 Å². The Morgan fingerprint density at radius 1 is 1.40 bits per heavy atom. The van der Waals surface area contributed by atoms with Gasteiger partial charge < -0.3 is 15.6 Å². The number of rotatable bonds is 7. The number of anilines is 2. The number of benzene rings is 1. The first kappa shape index (κ1) is 16.3. The molecule has 0 aliphatic rings. The normalized spacial score (nSPS) is 11.1. The average Bonchev–Trinajstić information content (AvgIpc) is 2.43. The number of carbonyl (C=O) groups excluding carboxylic acids is 1. The molecule has 0 fully saturated rings. The Labute approximate surface area is 118 Å². The summed E-state index contributed by atoms with van der Waals surface area (Å²) in [6, 6.07) is 6.43. The van der Waals surface area contributed by atoms with Crippen LogP contribution in [-0.4, -0.2) is 45.5 Å². The first-order chi connectivity index (χ1) is 9.42. The van der Waals surface area contributed by atoms with Gasteiger partial charge in [-0.3, -0.25) is 9.10 Å². The molecule has 1 aromatic rings. The summed E-state index contributed by atoms with van der Waals surface area (Å²) in [6.07, 6.45) is -0.256. The van der Waals surface area contributed by atoms with Crippen molar-refractivity contribution in [3.63, 3.8) is 0 Å². The summed E-state index contributed by atoms with van der Waals surface area (Å²) in [7, 11) is -2.58. The minimum atomic E-state index is -3.77. The molecule has 8 heteroatoms. The zero-order valence-corrected chi connectivity index (χ0v) is 12.0. The van der Waals surface area contributed by atoms with E-state index in [0.29, 0.717) is 0 Å². The molecule has 0 saturated heterocycles. The van der Waals surface area contributed by atoms with Crippen molar-refractivity contribution >= 4 is 27.4 Å². The van der Waals surface area contributed by atoms with Crippen LogP contribution in [0.5, 0.6) is 0 Å². The Balaban J connectivity index is 3.01. The molecule has 0 aliphatic heterocycles. The number of ether oxygens (including phenoxy) is 1. The van der Waals surface area contributed by atoms with E-state index in [-0.39, 0.29) is 30.9 Å². The first-order valence-electron chi connectivity index (χ1n) is 5.95. The number of para-hydroxylation sites is 2. The summed E-state index contributed by atoms with van der Waals surface area (Å²) in [5.41, 5.74) is 6.32. The average molecular weight is 302 g/mol. The van der Waals surface area contributed by atoms with E-state index in [0.717, 1.165) is 4.31 Å². The molecule has 0 atom stereocenters. The molecule has 20 heavy (non-hydrogen) atoms. The number of carbonyl (C=O) groups is 1. The number of aliphatic hydroxyl groups excluding tert-OH is 1. The molecule has 0 unspecified atom stereocenters. The van der Waals surface area contributed by atoms with Crippen LogP contribution < -0.4 is 10.0 Å². The van der Waals surface area contributed by atoms with Crippen LogP contribution in [0.15, 0.2) is 24.3 Å². The molecular weight excluding hydrogens is 284 g/mol. The van der Waals surface area contributed by atoms with Crippen LogP contribution in [0.3, 0.4) is 0 Å². The smallest absolute Gasteiger partial charge is 0.306 e. The van der Waals surface area contributed by atoms with Crippen LogP contribution in [0.4, 0.5) is 11.4 Å². The molecule has 3 N–H and O–H groups in total. The first-order valence-corrected chi connectivity index (χ1v) is 7.56. The van der Waals surface area contributed by atoms with Gasteiger partial charge >= 0.3 is 5.97 Å². The van der Waals surface area contributed by atoms with Crippen molar-refractivity contribution in [1.29, 1.82) is 0 Å². The number of aliphatic hydroxyl groups is 1. The maximum atomic E-state index is 12.2. The van der Waals surface area contributed by atoms with Crippen molar-refractivity contribution in [2.45, 2.75) is 6.42 Å². The quantitative estimate of drug-likeness (QED) is 0.540. The van der Waals surface area contributed by atoms with Gasteiger partial charge in [0.1, 0.15) is 0 Å². The van der Waals surface area contributed by atoms with Crippen LogP contribution in [-0.2, 0) is 19.6 Å². The summed E-state index contributed by atoms with van der Waals surface area (Å²) in [6.45, 7) is -0.483. The summed E-state index contributed by atoms with van der Waals surface area (Å²) in [5, 5.41) is 9.04. The van der Waals surface area contributed by atoms with E-state index in [2.05, 4.69) is 4.74 Å². The number of methoxy groups -OCH3 is 1. The van der Waals surface area contributed by atoms with E-state index in [1.807, 2.05) is 0 Å². The van der Waals surface area contributed by atoms with Crippen molar-refractivity contribution in [1.82, 2.24) is 0 Å². The highest BCUT2D eigenvalue weighted by atomic mass is 32.2. The van der Waals surface area contributed by atoms with E-state index >= 15 is 0 Å². The Hall–Kier alpha value is -1.80. The third kappa shape index (κ3) is 4.10. The van der Waals surface area contributed by atoms with E-state index in [9.17, 15) is 13.2 Å². The van der Waals surface area contributed by atoms with Gasteiger partial charge in [0.15, 0.2) is 0 Å². The van der Waals surface area contributed by atoms with E-state index < -0.39 is 21.7 Å². The molecule has 0 aromatic heterocycles. The highest BCUT2D eigenvalue weighted by molar-refractivity contribution is 7.92. The third-order valence-electron chi connectivity index (χ3n) is 2.64. The highest BCUT2D eigenvalue weighted by Gasteiger charge is 2.24. The second-order valence-electron chi connectivity index (χ2n) is 4.00. The van der Waals surface area contributed by atoms with E-state index in [1.54, 1.807) is 24.3 Å². The summed E-state index contributed by atoms with van der Waals surface area (Å²) >= 11 is 0. The molecule has 7 nitrogen and oxygen atoms in total. The van der Waals surface area contributed by atoms with Crippen LogP contribution in [0.1, 0.15) is 6.42 Å². The Morgan fingerprint density at radius 3 is 2.60 bits per heavy atom. The lowest BCUT2D eigenvalue weighted by Crippen LogP contribution is -2.36. The van der Waals surface area contributed by atoms with Crippen molar-refractivity contribution in [2.75, 3.05) is 36.1 Å². The Bertz CT molecular complexity index is 559. The maximum Gasteiger partial charge on any atom is 0.306 e. The molecule has 0 aliphatic carbocycles. The van der Waals surface area contributed by atoms with Gasteiger partial charge in [0.2, 0.25) is 10.0 Å². The number of hydrogen-bond donors (Lipinski definition) is 2. The van der Waals surface area contributed by atoms with Gasteiger partial charge in [-0.25, -0.2) is 8.42 Å². The summed E-state index contributed by atoms with van der Waals surface area (Å²) in [4.78, 5) is 11.1. The van der Waals surface area contributed by atoms with Gasteiger partial charge in [0.05, 0.1) is 43.8 Å². The third-order valence-corrected chi connectivity index (χ3v) is 4.41. The predicted molar refractivity (Wildman–Crippen MR) is 75.7 cm³/mol. The molecule has 0 amide bonds. The Morgan fingerprint density at radius 2 is 2.05 bits per heavy atom. The molecule has 0 saturated carbocycles. The van der Waals surface area contributed by atoms with Gasteiger partial charge in [-0.15, -0.1) is 0 Å². The molecular formula is C12H18N2O5S. The standard InChI is InChI=1S/C12H18N2O5S/c1-19-12(16)6-9-20(17,18)14(7-8-15)11-5-3-2-4-10(11)13/h2-5,15H,6-9,13H2,1H3. The fourth-order valence-electron chi connectivity index (χ4n) is 1.64. The van der Waals surface area contributed by atoms with Gasteiger partial charge in [-0.05, 0) is 12.1 Å². The fourth-order valence-corrected chi connectivity index (χ4v) is 3.11. The second-order valence-corrected chi connectivity index (χ2v) is 6.01. The topological polar surface area (TPSA) is 110 Å². The number of sulfonamides is 1. The summed E-state index contributed by atoms with van der Waals surface area (Å²) < 4.78 is 29.9. The minimum Gasteiger partial charge on any atom is -0.469 e. The van der Waals surface area contributed by atoms with Gasteiger partial charge in [-0.2, -0.15) is 0 Å². The summed E-state index contributed by atoms with van der Waals surface area (Å²) in [5.74, 6) is -1.02. The number of esters is 1. The molecule has 112 valence electrons. The van der Waals surface area contributed by atoms with Crippen LogP contribution in [0.2, 0.25) is 0 Å². The fraction of sp³-hybridized carbons (Fsp3) is 0.417. The number of nitrogen functional groups attached to an aromatic ring is 1. The van der Waals surface area contributed by atoms with Crippen molar-refractivity contribution in [2.24, 2.45) is 0 Å². The number of nitrogens with zero attached hydrogens (tertiary/aromatic N) is 1. The largest absolute Gasteiger partial charge is 0.469 e. The molecule has 0 radical (unpaired) electrons. The van der Waals surface area contributed by atoms with Gasteiger partial charge in [0.25, 0.3) is 0 Å². The zero-order chi connectivity index (χ0) is 15.2. The molecule has 0 spiro atoms. The van der Waals surface area contributed by atoms with Gasteiger partial charge in [-0.1, -0.05) is 12.1 Å². The maximum absolute atomic E-state index is 12.2. The lowest BCUT2D eigenvalue weighted by Gasteiger charge is -2.24. The minimum absolute atomic E-state index is 0.127. The lowest BCUT2D eigenvalue weighted by molar-refractivity contribution is -0.140. The molecule has 1 rings (SSSR count). The second kappa shape index (κ2) is 7.11. The number of nitrogens with two attached hydrogens (primary N) is 1. The number of hydrogen-bond acceptors (Lipinski definition) is 6. The van der Waals surface area contributed by atoms with Crippen molar-refractivity contribution in [3.05, 3.63) is 24.3 Å². The van der Waals surface area contributed by atoms with E-state index in [4.69, 9.17) is 10.8 Å². The SMILES string of the molecule is COC(=O)CCS(=O)(=O)N(CCO)c1ccccc1N. The molecule has 0 heterocycles. The predicted octanol–water partition coefficient (Wildman–Crippen LogP) is -0.0396. The van der Waals surface area contributed by atoms with Gasteiger partial charge in [0, 0.05) is 0 Å².